The molecule has 10 nitrogen and oxygen atoms in total. The number of aromatic amines is 1. The van der Waals surface area contributed by atoms with Gasteiger partial charge in [-0.1, -0.05) is 12.2 Å². The molecule has 10 heteroatoms. The molecule has 0 spiro atoms. The normalized spacial score (nSPS) is 21.9. The van der Waals surface area contributed by atoms with Gasteiger partial charge in [0.25, 0.3) is 5.56 Å². The maximum absolute atomic E-state index is 12.0. The van der Waals surface area contributed by atoms with Crippen LogP contribution in [0.1, 0.15) is 44.4 Å². The van der Waals surface area contributed by atoms with Gasteiger partial charge in [0, 0.05) is 32.0 Å². The number of amides is 1. The largest absolute Gasteiger partial charge is 0.394 e. The Kier molecular flexibility index (Phi) is 7.85. The topological polar surface area (TPSA) is 151 Å². The minimum atomic E-state index is -0.911. The molecule has 1 aliphatic heterocycles. The Hall–Kier alpha value is -2.56. The van der Waals surface area contributed by atoms with Crippen LogP contribution in [-0.4, -0.2) is 56.8 Å². The lowest BCUT2D eigenvalue weighted by molar-refractivity contribution is -0.121. The van der Waals surface area contributed by atoms with Crippen LogP contribution in [-0.2, 0) is 14.3 Å². The Morgan fingerprint density at radius 1 is 1.39 bits per heavy atom. The van der Waals surface area contributed by atoms with E-state index in [-0.39, 0.29) is 43.2 Å². The van der Waals surface area contributed by atoms with Crippen LogP contribution < -0.4 is 16.6 Å². The molecule has 3 atom stereocenters. The number of hydrogen-bond donors (Lipinski definition) is 4. The number of ketones is 1. The van der Waals surface area contributed by atoms with Crippen molar-refractivity contribution in [3.63, 3.8) is 0 Å². The molecular weight excluding hydrogens is 370 g/mol. The van der Waals surface area contributed by atoms with Gasteiger partial charge in [-0.05, 0) is 13.3 Å². The smallest absolute Gasteiger partial charge is 0.330 e. The fraction of sp³-hybridized carbons (Fsp3) is 0.556. The van der Waals surface area contributed by atoms with E-state index in [1.807, 2.05) is 0 Å². The minimum absolute atomic E-state index is 0.0334. The lowest BCUT2D eigenvalue weighted by atomic mass is 10.2. The van der Waals surface area contributed by atoms with Crippen molar-refractivity contribution in [1.29, 1.82) is 0 Å². The van der Waals surface area contributed by atoms with Gasteiger partial charge in [0.05, 0.1) is 18.3 Å². The van der Waals surface area contributed by atoms with Crippen LogP contribution in [0.25, 0.3) is 6.08 Å². The van der Waals surface area contributed by atoms with E-state index in [0.29, 0.717) is 12.8 Å². The van der Waals surface area contributed by atoms with Crippen molar-refractivity contribution in [1.82, 2.24) is 14.9 Å². The van der Waals surface area contributed by atoms with Gasteiger partial charge in [-0.25, -0.2) is 4.79 Å². The van der Waals surface area contributed by atoms with Gasteiger partial charge in [0.1, 0.15) is 18.1 Å². The lowest BCUT2D eigenvalue weighted by Crippen LogP contribution is -2.33. The summed E-state index contributed by atoms with van der Waals surface area (Å²) >= 11 is 0. The Morgan fingerprint density at radius 3 is 2.79 bits per heavy atom. The van der Waals surface area contributed by atoms with E-state index in [0.717, 1.165) is 4.57 Å². The average Bonchev–Trinajstić information content (AvgIpc) is 3.00. The molecule has 2 heterocycles. The third kappa shape index (κ3) is 5.98. The van der Waals surface area contributed by atoms with Crippen LogP contribution in [0.4, 0.5) is 0 Å². The Balaban J connectivity index is 1.97. The van der Waals surface area contributed by atoms with E-state index in [4.69, 9.17) is 9.84 Å². The van der Waals surface area contributed by atoms with E-state index >= 15 is 0 Å². The van der Waals surface area contributed by atoms with Crippen molar-refractivity contribution in [3.05, 3.63) is 38.7 Å². The second-order valence-electron chi connectivity index (χ2n) is 6.63. The lowest BCUT2D eigenvalue weighted by Gasteiger charge is -2.14. The van der Waals surface area contributed by atoms with E-state index in [2.05, 4.69) is 10.3 Å². The maximum atomic E-state index is 12.0. The summed E-state index contributed by atoms with van der Waals surface area (Å²) in [7, 11) is 0. The molecule has 4 N–H and O–H groups in total. The van der Waals surface area contributed by atoms with Crippen LogP contribution >= 0.6 is 0 Å². The van der Waals surface area contributed by atoms with Crippen molar-refractivity contribution in [3.8, 4) is 0 Å². The molecule has 1 amide bonds. The number of aromatic nitrogens is 2. The molecule has 1 saturated heterocycles. The number of nitrogens with zero attached hydrogens (tertiary/aromatic N) is 1. The summed E-state index contributed by atoms with van der Waals surface area (Å²) in [6.45, 7) is 1.27. The highest BCUT2D eigenvalue weighted by atomic mass is 16.5. The van der Waals surface area contributed by atoms with Gasteiger partial charge in [0.15, 0.2) is 0 Å². The molecule has 0 unspecified atom stereocenters. The number of H-pyrrole nitrogens is 1. The number of aliphatic hydroxyl groups excluding tert-OH is 2. The number of hydrogen-bond acceptors (Lipinski definition) is 7. The number of ether oxygens (including phenoxy) is 1. The van der Waals surface area contributed by atoms with Gasteiger partial charge in [0.2, 0.25) is 5.91 Å². The van der Waals surface area contributed by atoms with Crippen LogP contribution in [0, 0.1) is 0 Å². The summed E-state index contributed by atoms with van der Waals surface area (Å²) in [4.78, 5) is 48.6. The predicted molar refractivity (Wildman–Crippen MR) is 99.5 cm³/mol. The van der Waals surface area contributed by atoms with Crippen LogP contribution in [0.15, 0.2) is 21.9 Å². The second-order valence-corrected chi connectivity index (χ2v) is 6.63. The first-order chi connectivity index (χ1) is 13.3. The third-order valence-electron chi connectivity index (χ3n) is 4.34. The summed E-state index contributed by atoms with van der Waals surface area (Å²) in [5.74, 6) is -0.167. The predicted octanol–water partition coefficient (Wildman–Crippen LogP) is -0.934. The highest BCUT2D eigenvalue weighted by Crippen LogP contribution is 2.27. The molecule has 154 valence electrons. The zero-order valence-corrected chi connectivity index (χ0v) is 15.6. The Labute approximate surface area is 160 Å². The van der Waals surface area contributed by atoms with Crippen LogP contribution in [0.2, 0.25) is 0 Å². The number of nitrogens with one attached hydrogen (secondary N) is 2. The van der Waals surface area contributed by atoms with Crippen molar-refractivity contribution in [2.45, 2.75) is 51.0 Å². The SMILES string of the molecule is CC(=O)CCCC(=O)NC/C=C/c1cn([C@H]2C[C@H](O)[C@@H](CO)O2)c(=O)[nH]c1=O. The van der Waals surface area contributed by atoms with Gasteiger partial charge in [-0.2, -0.15) is 0 Å². The van der Waals surface area contributed by atoms with Crippen LogP contribution in [0.3, 0.4) is 0 Å². The molecule has 0 radical (unpaired) electrons. The molecule has 28 heavy (non-hydrogen) atoms. The second kappa shape index (κ2) is 10.1. The Bertz CT molecular complexity index is 842. The molecule has 0 saturated carbocycles. The standard InChI is InChI=1S/C18H25N3O7/c1-11(23)4-2-6-15(25)19-7-3-5-12-9-21(18(27)20-17(12)26)16-8-13(24)14(10-22)28-16/h3,5,9,13-14,16,22,24H,2,4,6-8,10H2,1H3,(H,19,25)(H,20,26,27)/b5-3+/t13-,14+,16+/m0/s1. The average molecular weight is 395 g/mol. The highest BCUT2D eigenvalue weighted by Gasteiger charge is 2.35. The first-order valence-electron chi connectivity index (χ1n) is 9.04. The number of aliphatic hydroxyl groups is 2. The molecule has 1 fully saturated rings. The number of carbonyl (C=O) groups is 2. The van der Waals surface area contributed by atoms with Gasteiger partial charge in [-0.3, -0.25) is 19.1 Å². The molecule has 0 aliphatic carbocycles. The quantitative estimate of drug-likeness (QED) is 0.421. The first kappa shape index (κ1) is 21.7. The minimum Gasteiger partial charge on any atom is -0.394 e. The van der Waals surface area contributed by atoms with Crippen molar-refractivity contribution < 1.29 is 24.5 Å². The van der Waals surface area contributed by atoms with E-state index in [1.165, 1.54) is 19.2 Å². The summed E-state index contributed by atoms with van der Waals surface area (Å²) in [6.07, 6.45) is 3.01. The molecule has 2 rings (SSSR count). The molecule has 0 bridgehead atoms. The summed E-state index contributed by atoms with van der Waals surface area (Å²) < 4.78 is 6.58. The zero-order chi connectivity index (χ0) is 20.7. The van der Waals surface area contributed by atoms with Gasteiger partial charge < -0.3 is 25.1 Å². The van der Waals surface area contributed by atoms with E-state index < -0.39 is 29.7 Å². The fourth-order valence-corrected chi connectivity index (χ4v) is 2.83. The highest BCUT2D eigenvalue weighted by molar-refractivity contribution is 5.78. The molecular formula is C18H25N3O7. The molecule has 1 aliphatic rings. The maximum Gasteiger partial charge on any atom is 0.330 e. The molecule has 1 aromatic rings. The molecule has 0 aromatic carbocycles. The number of rotatable bonds is 9. The monoisotopic (exact) mass is 395 g/mol. The van der Waals surface area contributed by atoms with E-state index in [1.54, 1.807) is 6.08 Å². The molecule has 1 aromatic heterocycles. The third-order valence-corrected chi connectivity index (χ3v) is 4.34. The van der Waals surface area contributed by atoms with Crippen LogP contribution in [0.5, 0.6) is 0 Å². The van der Waals surface area contributed by atoms with E-state index in [9.17, 15) is 24.3 Å². The summed E-state index contributed by atoms with van der Waals surface area (Å²) in [6, 6.07) is 0. The van der Waals surface area contributed by atoms with Gasteiger partial charge in [-0.15, -0.1) is 0 Å². The summed E-state index contributed by atoms with van der Waals surface area (Å²) in [5.41, 5.74) is -1.10. The first-order valence-corrected chi connectivity index (χ1v) is 9.04. The Morgan fingerprint density at radius 2 is 2.14 bits per heavy atom. The number of carbonyl (C=O) groups excluding carboxylic acids is 2. The van der Waals surface area contributed by atoms with Crippen molar-refractivity contribution >= 4 is 17.8 Å². The van der Waals surface area contributed by atoms with Crippen molar-refractivity contribution in [2.75, 3.05) is 13.2 Å². The van der Waals surface area contributed by atoms with Gasteiger partial charge >= 0.3 is 5.69 Å². The summed E-state index contributed by atoms with van der Waals surface area (Å²) in [5, 5.41) is 21.6. The zero-order valence-electron chi connectivity index (χ0n) is 15.6. The fourth-order valence-electron chi connectivity index (χ4n) is 2.83. The van der Waals surface area contributed by atoms with Crippen molar-refractivity contribution in [2.24, 2.45) is 0 Å². The number of Topliss-reactive ketones (excluding diaryl/α,β-unsaturated/α-hetero) is 1.